The summed E-state index contributed by atoms with van der Waals surface area (Å²) in [7, 11) is 0. The molecule has 2 heterocycles. The lowest BCUT2D eigenvalue weighted by Gasteiger charge is -1.95. The molecule has 10 nitrogen and oxygen atoms in total. The third-order valence-corrected chi connectivity index (χ3v) is 4.61. The number of rotatable bonds is 6. The molecule has 0 aliphatic heterocycles. The zero-order chi connectivity index (χ0) is 20.7. The monoisotopic (exact) mass is 396 g/mol. The van der Waals surface area contributed by atoms with E-state index in [1.54, 1.807) is 13.8 Å². The fourth-order valence-corrected chi connectivity index (χ4v) is 3.27. The lowest BCUT2D eigenvalue weighted by molar-refractivity contribution is -0.384. The largest absolute Gasteiger partial charge is 0.440 e. The third-order valence-electron chi connectivity index (χ3n) is 4.61. The zero-order valence-electron chi connectivity index (χ0n) is 15.7. The smallest absolute Gasteiger partial charge is 0.272 e. The van der Waals surface area contributed by atoms with E-state index in [1.165, 1.54) is 24.3 Å². The summed E-state index contributed by atoms with van der Waals surface area (Å²) < 4.78 is 11.5. The zero-order valence-corrected chi connectivity index (χ0v) is 15.7. The van der Waals surface area contributed by atoms with E-state index in [9.17, 15) is 20.2 Å². The molecule has 0 saturated heterocycles. The quantitative estimate of drug-likeness (QED) is 0.341. The fraction of sp³-hybridized carbons (Fsp3) is 0.263. The molecule has 148 valence electrons. The minimum absolute atomic E-state index is 0.0224. The molecule has 2 aromatic heterocycles. The number of nitro benzene ring substituents is 2. The first-order valence-corrected chi connectivity index (χ1v) is 8.90. The van der Waals surface area contributed by atoms with Crippen LogP contribution in [0, 0.1) is 34.1 Å². The molecule has 10 heteroatoms. The van der Waals surface area contributed by atoms with Crippen LogP contribution in [-0.2, 0) is 12.8 Å². The number of hydrogen-bond acceptors (Lipinski definition) is 8. The lowest BCUT2D eigenvalue weighted by atomic mass is 10.2. The molecule has 0 fully saturated rings. The van der Waals surface area contributed by atoms with Gasteiger partial charge in [-0.3, -0.25) is 20.2 Å². The van der Waals surface area contributed by atoms with Gasteiger partial charge in [-0.05, 0) is 20.3 Å². The SMILES string of the molecule is Cc1cc([N+](=O)[O-])cc2nc(CCCc3nc4cc([N+](=O)[O-])cc(C)c4o3)oc12. The van der Waals surface area contributed by atoms with Crippen molar-refractivity contribution in [1.29, 1.82) is 0 Å². The normalized spacial score (nSPS) is 11.4. The second-order valence-corrected chi connectivity index (χ2v) is 6.80. The van der Waals surface area contributed by atoms with Gasteiger partial charge in [0.15, 0.2) is 22.9 Å². The van der Waals surface area contributed by atoms with E-state index in [-0.39, 0.29) is 11.4 Å². The number of nitrogens with zero attached hydrogens (tertiary/aromatic N) is 4. The Labute approximate surface area is 163 Å². The molecule has 0 aliphatic carbocycles. The van der Waals surface area contributed by atoms with Gasteiger partial charge in [-0.25, -0.2) is 9.97 Å². The maximum atomic E-state index is 11.0. The summed E-state index contributed by atoms with van der Waals surface area (Å²) in [5, 5.41) is 22.0. The van der Waals surface area contributed by atoms with E-state index in [2.05, 4.69) is 9.97 Å². The van der Waals surface area contributed by atoms with Gasteiger partial charge in [0, 0.05) is 48.2 Å². The highest BCUT2D eigenvalue weighted by molar-refractivity contribution is 5.80. The van der Waals surface area contributed by atoms with Gasteiger partial charge in [-0.1, -0.05) is 0 Å². The average molecular weight is 396 g/mol. The van der Waals surface area contributed by atoms with Crippen LogP contribution in [0.4, 0.5) is 11.4 Å². The van der Waals surface area contributed by atoms with E-state index in [0.29, 0.717) is 64.4 Å². The molecule has 4 aromatic rings. The maximum Gasteiger partial charge on any atom is 0.272 e. The van der Waals surface area contributed by atoms with Crippen LogP contribution in [0.5, 0.6) is 0 Å². The number of hydrogen-bond donors (Lipinski definition) is 0. The Hall–Kier alpha value is -3.82. The second-order valence-electron chi connectivity index (χ2n) is 6.80. The van der Waals surface area contributed by atoms with E-state index >= 15 is 0 Å². The van der Waals surface area contributed by atoms with Crippen LogP contribution in [-0.4, -0.2) is 19.8 Å². The third kappa shape index (κ3) is 3.51. The van der Waals surface area contributed by atoms with Gasteiger partial charge in [0.2, 0.25) is 0 Å². The molecule has 0 atom stereocenters. The first kappa shape index (κ1) is 18.5. The molecular formula is C19H16N4O6. The topological polar surface area (TPSA) is 138 Å². The summed E-state index contributed by atoms with van der Waals surface area (Å²) in [4.78, 5) is 29.7. The van der Waals surface area contributed by atoms with Crippen molar-refractivity contribution in [2.75, 3.05) is 0 Å². The summed E-state index contributed by atoms with van der Waals surface area (Å²) in [6.45, 7) is 3.48. The summed E-state index contributed by atoms with van der Waals surface area (Å²) in [6, 6.07) is 5.70. The number of benzene rings is 2. The maximum absolute atomic E-state index is 11.0. The van der Waals surface area contributed by atoms with Crippen LogP contribution in [0.1, 0.15) is 29.3 Å². The van der Waals surface area contributed by atoms with Crippen molar-refractivity contribution in [2.24, 2.45) is 0 Å². The molecule has 0 N–H and O–H groups in total. The molecule has 2 aromatic carbocycles. The van der Waals surface area contributed by atoms with Crippen LogP contribution in [0.2, 0.25) is 0 Å². The van der Waals surface area contributed by atoms with Gasteiger partial charge in [-0.2, -0.15) is 0 Å². The Morgan fingerprint density at radius 2 is 1.21 bits per heavy atom. The molecule has 0 aliphatic rings. The van der Waals surface area contributed by atoms with Crippen molar-refractivity contribution in [2.45, 2.75) is 33.1 Å². The summed E-state index contributed by atoms with van der Waals surface area (Å²) in [6.07, 6.45) is 1.63. The summed E-state index contributed by atoms with van der Waals surface area (Å²) in [5.74, 6) is 0.957. The van der Waals surface area contributed by atoms with Gasteiger partial charge in [-0.15, -0.1) is 0 Å². The van der Waals surface area contributed by atoms with Crippen molar-refractivity contribution in [1.82, 2.24) is 9.97 Å². The Bertz CT molecular complexity index is 1170. The predicted octanol–water partition coefficient (Wildman–Crippen LogP) is 4.58. The van der Waals surface area contributed by atoms with Crippen molar-refractivity contribution in [3.8, 4) is 0 Å². The molecule has 0 saturated carbocycles. The van der Waals surface area contributed by atoms with Crippen LogP contribution in [0.25, 0.3) is 22.2 Å². The van der Waals surface area contributed by atoms with Crippen LogP contribution < -0.4 is 0 Å². The molecular weight excluding hydrogens is 380 g/mol. The predicted molar refractivity (Wildman–Crippen MR) is 103 cm³/mol. The number of non-ortho nitro benzene ring substituents is 2. The molecule has 0 amide bonds. The number of oxazole rings is 2. The Kier molecular flexibility index (Phi) is 4.45. The number of nitro groups is 2. The highest BCUT2D eigenvalue weighted by Crippen LogP contribution is 2.28. The Balaban J connectivity index is 1.50. The average Bonchev–Trinajstić information content (AvgIpc) is 3.25. The van der Waals surface area contributed by atoms with Crippen LogP contribution in [0.3, 0.4) is 0 Å². The standard InChI is InChI=1S/C19H16N4O6/c1-10-6-12(22(24)25)8-14-18(10)28-16(20-14)4-3-5-17-21-15-9-13(23(26)27)7-11(2)19(15)29-17/h6-9H,3-5H2,1-2H3. The van der Waals surface area contributed by atoms with E-state index in [0.717, 1.165) is 0 Å². The first-order chi connectivity index (χ1) is 13.8. The molecule has 29 heavy (non-hydrogen) atoms. The number of fused-ring (bicyclic) bond motifs is 2. The molecule has 0 bridgehead atoms. The van der Waals surface area contributed by atoms with Crippen molar-refractivity contribution in [3.05, 3.63) is 67.4 Å². The number of aryl methyl sites for hydroxylation is 4. The minimum Gasteiger partial charge on any atom is -0.440 e. The van der Waals surface area contributed by atoms with E-state index in [4.69, 9.17) is 8.83 Å². The molecule has 0 unspecified atom stereocenters. The highest BCUT2D eigenvalue weighted by Gasteiger charge is 2.17. The van der Waals surface area contributed by atoms with Crippen LogP contribution >= 0.6 is 0 Å². The minimum atomic E-state index is -0.458. The van der Waals surface area contributed by atoms with Crippen molar-refractivity contribution < 1.29 is 18.7 Å². The van der Waals surface area contributed by atoms with Crippen molar-refractivity contribution >= 4 is 33.6 Å². The van der Waals surface area contributed by atoms with E-state index < -0.39 is 9.85 Å². The van der Waals surface area contributed by atoms with Gasteiger partial charge in [0.05, 0.1) is 9.85 Å². The molecule has 0 radical (unpaired) electrons. The number of aromatic nitrogens is 2. The van der Waals surface area contributed by atoms with Gasteiger partial charge in [0.25, 0.3) is 11.4 Å². The second kappa shape index (κ2) is 6.97. The first-order valence-electron chi connectivity index (χ1n) is 8.90. The fourth-order valence-electron chi connectivity index (χ4n) is 3.27. The van der Waals surface area contributed by atoms with E-state index in [1.807, 2.05) is 0 Å². The van der Waals surface area contributed by atoms with Gasteiger partial charge >= 0.3 is 0 Å². The summed E-state index contributed by atoms with van der Waals surface area (Å²) in [5.41, 5.74) is 3.25. The van der Waals surface area contributed by atoms with Gasteiger partial charge < -0.3 is 8.83 Å². The molecule has 0 spiro atoms. The van der Waals surface area contributed by atoms with Crippen molar-refractivity contribution in [3.63, 3.8) is 0 Å². The lowest BCUT2D eigenvalue weighted by Crippen LogP contribution is -1.90. The Morgan fingerprint density at radius 1 is 0.793 bits per heavy atom. The Morgan fingerprint density at radius 3 is 1.59 bits per heavy atom. The summed E-state index contributed by atoms with van der Waals surface area (Å²) >= 11 is 0. The molecule has 4 rings (SSSR count). The van der Waals surface area contributed by atoms with Crippen LogP contribution in [0.15, 0.2) is 33.1 Å². The van der Waals surface area contributed by atoms with Gasteiger partial charge in [0.1, 0.15) is 11.0 Å². The highest BCUT2D eigenvalue weighted by atomic mass is 16.6.